The quantitative estimate of drug-likeness (QED) is 0.497. The summed E-state index contributed by atoms with van der Waals surface area (Å²) in [5.41, 5.74) is 3.05. The van der Waals surface area contributed by atoms with E-state index >= 15 is 0 Å². The van der Waals surface area contributed by atoms with E-state index in [1.807, 2.05) is 25.2 Å². The molecule has 0 fully saturated rings. The fourth-order valence-corrected chi connectivity index (χ4v) is 1.33. The average molecular weight is 168 g/mol. The third-order valence-corrected chi connectivity index (χ3v) is 2.08. The molecular weight excluding hydrogens is 152 g/mol. The molecule has 0 saturated carbocycles. The molecule has 0 saturated heterocycles. The van der Waals surface area contributed by atoms with E-state index in [2.05, 4.69) is 22.6 Å². The van der Waals surface area contributed by atoms with Crippen LogP contribution < -0.4 is 5.43 Å². The van der Waals surface area contributed by atoms with E-state index in [4.69, 9.17) is 0 Å². The Morgan fingerprint density at radius 2 is 2.58 bits per heavy atom. The van der Waals surface area contributed by atoms with Crippen molar-refractivity contribution in [1.29, 1.82) is 0 Å². The molecule has 0 aromatic heterocycles. The van der Waals surface area contributed by atoms with E-state index < -0.39 is 0 Å². The first kappa shape index (κ1) is 9.03. The maximum absolute atomic E-state index is 4.16. The molecule has 12 heavy (non-hydrogen) atoms. The molecule has 0 radical (unpaired) electrons. The van der Waals surface area contributed by atoms with Crippen LogP contribution in [0.3, 0.4) is 0 Å². The molecule has 0 aromatic carbocycles. The Bertz CT molecular complexity index is 187. The van der Waals surface area contributed by atoms with Crippen LogP contribution in [0.4, 0.5) is 0 Å². The smallest absolute Gasteiger partial charge is 0.0731 e. The van der Waals surface area contributed by atoms with Crippen molar-refractivity contribution in [3.05, 3.63) is 0 Å². The fraction of sp³-hybridized carbons (Fsp3) is 0.750. The SMILES string of the molecule is C/C=N\NC(C)[C@H]1CC=NN1C. The van der Waals surface area contributed by atoms with Crippen LogP contribution >= 0.6 is 0 Å². The molecule has 1 aliphatic rings. The van der Waals surface area contributed by atoms with Gasteiger partial charge in [-0.25, -0.2) is 0 Å². The van der Waals surface area contributed by atoms with Gasteiger partial charge in [-0.1, -0.05) is 0 Å². The summed E-state index contributed by atoms with van der Waals surface area (Å²) in [6.45, 7) is 4.01. The van der Waals surface area contributed by atoms with Gasteiger partial charge in [0.2, 0.25) is 0 Å². The molecule has 0 aromatic rings. The molecule has 1 heterocycles. The van der Waals surface area contributed by atoms with E-state index in [-0.39, 0.29) is 0 Å². The molecule has 1 unspecified atom stereocenters. The van der Waals surface area contributed by atoms with E-state index in [0.29, 0.717) is 12.1 Å². The number of rotatable bonds is 3. The Morgan fingerprint density at radius 3 is 3.08 bits per heavy atom. The molecule has 0 aliphatic carbocycles. The van der Waals surface area contributed by atoms with E-state index in [9.17, 15) is 0 Å². The Labute approximate surface area is 73.3 Å². The maximum Gasteiger partial charge on any atom is 0.0731 e. The molecule has 4 nitrogen and oxygen atoms in total. The zero-order valence-corrected chi connectivity index (χ0v) is 7.86. The molecule has 1 rings (SSSR count). The number of likely N-dealkylation sites (N-methyl/N-ethyl adjacent to an activating group) is 1. The van der Waals surface area contributed by atoms with Crippen LogP contribution in [0.2, 0.25) is 0 Å². The number of hydrogen-bond acceptors (Lipinski definition) is 4. The van der Waals surface area contributed by atoms with Crippen molar-refractivity contribution in [2.75, 3.05) is 7.05 Å². The highest BCUT2D eigenvalue weighted by atomic mass is 15.5. The number of nitrogens with zero attached hydrogens (tertiary/aromatic N) is 3. The van der Waals surface area contributed by atoms with Gasteiger partial charge >= 0.3 is 0 Å². The lowest BCUT2D eigenvalue weighted by Crippen LogP contribution is -2.40. The second-order valence-corrected chi connectivity index (χ2v) is 2.98. The highest BCUT2D eigenvalue weighted by Gasteiger charge is 2.22. The molecule has 1 N–H and O–H groups in total. The van der Waals surface area contributed by atoms with Gasteiger partial charge in [-0.3, -0.25) is 5.01 Å². The molecule has 0 amide bonds. The lowest BCUT2D eigenvalue weighted by molar-refractivity contribution is 0.234. The zero-order chi connectivity index (χ0) is 8.97. The minimum absolute atomic E-state index is 0.341. The molecule has 0 bridgehead atoms. The summed E-state index contributed by atoms with van der Waals surface area (Å²) in [7, 11) is 1.99. The molecule has 2 atom stereocenters. The largest absolute Gasteiger partial charge is 0.305 e. The minimum Gasteiger partial charge on any atom is -0.305 e. The Kier molecular flexibility index (Phi) is 3.08. The van der Waals surface area contributed by atoms with Crippen molar-refractivity contribution in [1.82, 2.24) is 10.4 Å². The first-order chi connectivity index (χ1) is 5.75. The monoisotopic (exact) mass is 168 g/mol. The van der Waals surface area contributed by atoms with Gasteiger partial charge in [-0.2, -0.15) is 10.2 Å². The molecule has 0 spiro atoms. The highest BCUT2D eigenvalue weighted by molar-refractivity contribution is 5.60. The summed E-state index contributed by atoms with van der Waals surface area (Å²) in [4.78, 5) is 0. The summed E-state index contributed by atoms with van der Waals surface area (Å²) in [5.74, 6) is 0. The number of hydrazone groups is 2. The van der Waals surface area contributed by atoms with Gasteiger partial charge in [0.25, 0.3) is 0 Å². The van der Waals surface area contributed by atoms with E-state index in [1.165, 1.54) is 0 Å². The van der Waals surface area contributed by atoms with Gasteiger partial charge in [-0.15, -0.1) is 0 Å². The van der Waals surface area contributed by atoms with Crippen LogP contribution in [-0.2, 0) is 0 Å². The summed E-state index contributed by atoms with van der Waals surface area (Å²) >= 11 is 0. The summed E-state index contributed by atoms with van der Waals surface area (Å²) in [5, 5.41) is 10.1. The maximum atomic E-state index is 4.16. The topological polar surface area (TPSA) is 40.0 Å². The number of nitrogens with one attached hydrogen (secondary N) is 1. The Hall–Kier alpha value is -1.06. The summed E-state index contributed by atoms with van der Waals surface area (Å²) in [6, 6.07) is 0.780. The van der Waals surface area contributed by atoms with Gasteiger partial charge in [-0.05, 0) is 13.8 Å². The first-order valence-electron chi connectivity index (χ1n) is 4.24. The third-order valence-electron chi connectivity index (χ3n) is 2.08. The van der Waals surface area contributed by atoms with Crippen LogP contribution in [0.1, 0.15) is 20.3 Å². The number of hydrogen-bond donors (Lipinski definition) is 1. The van der Waals surface area contributed by atoms with Crippen molar-refractivity contribution in [3.63, 3.8) is 0 Å². The summed E-state index contributed by atoms with van der Waals surface area (Å²) in [6.07, 6.45) is 4.70. The van der Waals surface area contributed by atoms with Crippen LogP contribution in [0, 0.1) is 0 Å². The second kappa shape index (κ2) is 4.09. The molecule has 4 heteroatoms. The molecule has 68 valence electrons. The van der Waals surface area contributed by atoms with Crippen LogP contribution in [-0.4, -0.2) is 36.6 Å². The first-order valence-corrected chi connectivity index (χ1v) is 4.24. The van der Waals surface area contributed by atoms with Crippen molar-refractivity contribution in [2.24, 2.45) is 10.2 Å². The van der Waals surface area contributed by atoms with Crippen molar-refractivity contribution < 1.29 is 0 Å². The predicted octanol–water partition coefficient (Wildman–Crippen LogP) is 0.660. The standard InChI is InChI=1S/C8H16N4/c1-4-9-11-7(2)8-5-6-10-12(8)3/h4,6-8,11H,5H2,1-3H3/b9-4-/t7?,8-/m1/s1. The van der Waals surface area contributed by atoms with Crippen molar-refractivity contribution in [2.45, 2.75) is 32.4 Å². The van der Waals surface area contributed by atoms with Crippen LogP contribution in [0.15, 0.2) is 10.2 Å². The van der Waals surface area contributed by atoms with Crippen LogP contribution in [0.5, 0.6) is 0 Å². The predicted molar refractivity (Wildman–Crippen MR) is 51.4 cm³/mol. The van der Waals surface area contributed by atoms with Crippen molar-refractivity contribution in [3.8, 4) is 0 Å². The Morgan fingerprint density at radius 1 is 1.83 bits per heavy atom. The van der Waals surface area contributed by atoms with Gasteiger partial charge in [0.05, 0.1) is 12.1 Å². The van der Waals surface area contributed by atoms with E-state index in [1.54, 1.807) is 6.21 Å². The Balaban J connectivity index is 2.37. The lowest BCUT2D eigenvalue weighted by Gasteiger charge is -2.24. The lowest BCUT2D eigenvalue weighted by atomic mass is 10.1. The third kappa shape index (κ3) is 1.96. The van der Waals surface area contributed by atoms with Gasteiger partial charge in [0.15, 0.2) is 0 Å². The van der Waals surface area contributed by atoms with Gasteiger partial charge in [0.1, 0.15) is 0 Å². The molecule has 1 aliphatic heterocycles. The van der Waals surface area contributed by atoms with E-state index in [0.717, 1.165) is 6.42 Å². The summed E-state index contributed by atoms with van der Waals surface area (Å²) < 4.78 is 0. The fourth-order valence-electron chi connectivity index (χ4n) is 1.33. The zero-order valence-electron chi connectivity index (χ0n) is 7.86. The normalized spacial score (nSPS) is 25.2. The molecular formula is C8H16N4. The van der Waals surface area contributed by atoms with Crippen LogP contribution in [0.25, 0.3) is 0 Å². The average Bonchev–Trinajstić information content (AvgIpc) is 2.47. The minimum atomic E-state index is 0.341. The van der Waals surface area contributed by atoms with Crippen molar-refractivity contribution >= 4 is 12.4 Å². The second-order valence-electron chi connectivity index (χ2n) is 2.98. The van der Waals surface area contributed by atoms with Gasteiger partial charge in [0, 0.05) is 25.9 Å². The highest BCUT2D eigenvalue weighted by Crippen LogP contribution is 2.11. The van der Waals surface area contributed by atoms with Gasteiger partial charge < -0.3 is 5.43 Å².